The van der Waals surface area contributed by atoms with Crippen LogP contribution in [0.4, 0.5) is 5.69 Å². The molecule has 1 aromatic carbocycles. The number of nitrogens with one attached hydrogen (secondary N) is 2. The number of nitrogens with zero attached hydrogens (tertiary/aromatic N) is 2. The Hall–Kier alpha value is -3.42. The zero-order valence-corrected chi connectivity index (χ0v) is 15.7. The maximum absolute atomic E-state index is 12.4. The largest absolute Gasteiger partial charge is 0.360 e. The fourth-order valence-corrected chi connectivity index (χ4v) is 3.14. The van der Waals surface area contributed by atoms with Crippen LogP contribution in [0.1, 0.15) is 75.6 Å². The molecule has 0 unspecified atom stereocenters. The molecular formula is C21H20N4O4. The zero-order valence-electron chi connectivity index (χ0n) is 15.7. The molecule has 0 atom stereocenters. The van der Waals surface area contributed by atoms with Crippen molar-refractivity contribution < 1.29 is 18.6 Å². The smallest absolute Gasteiger partial charge is 0.277 e. The Kier molecular flexibility index (Phi) is 4.38. The van der Waals surface area contributed by atoms with E-state index in [1.54, 1.807) is 24.3 Å². The molecule has 2 aromatic heterocycles. The Morgan fingerprint density at radius 3 is 2.14 bits per heavy atom. The highest BCUT2D eigenvalue weighted by atomic mass is 16.5. The summed E-state index contributed by atoms with van der Waals surface area (Å²) in [5, 5.41) is 13.3. The van der Waals surface area contributed by atoms with Gasteiger partial charge in [0.1, 0.15) is 11.5 Å². The van der Waals surface area contributed by atoms with Gasteiger partial charge in [-0.25, -0.2) is 0 Å². The first-order valence-electron chi connectivity index (χ1n) is 9.77. The van der Waals surface area contributed by atoms with Crippen LogP contribution in [0.2, 0.25) is 0 Å². The first-order valence-corrected chi connectivity index (χ1v) is 9.77. The predicted octanol–water partition coefficient (Wildman–Crippen LogP) is 3.60. The molecule has 2 aliphatic carbocycles. The van der Waals surface area contributed by atoms with E-state index in [4.69, 9.17) is 9.05 Å². The average Bonchev–Trinajstić information content (AvgIpc) is 3.66. The number of hydrogen-bond donors (Lipinski definition) is 2. The van der Waals surface area contributed by atoms with Gasteiger partial charge in [-0.15, -0.1) is 0 Å². The molecule has 0 spiro atoms. The van der Waals surface area contributed by atoms with E-state index in [0.29, 0.717) is 24.1 Å². The van der Waals surface area contributed by atoms with Gasteiger partial charge in [0.2, 0.25) is 0 Å². The number of amides is 2. The second-order valence-corrected chi connectivity index (χ2v) is 7.61. The molecule has 2 aliphatic rings. The van der Waals surface area contributed by atoms with Crippen LogP contribution in [0, 0.1) is 0 Å². The summed E-state index contributed by atoms with van der Waals surface area (Å²) in [4.78, 5) is 24.6. The van der Waals surface area contributed by atoms with Gasteiger partial charge in [0, 0.05) is 36.2 Å². The monoisotopic (exact) mass is 392 g/mol. The van der Waals surface area contributed by atoms with Crippen LogP contribution < -0.4 is 10.6 Å². The molecule has 148 valence electrons. The van der Waals surface area contributed by atoms with E-state index in [1.807, 2.05) is 12.1 Å². The Morgan fingerprint density at radius 1 is 0.897 bits per heavy atom. The van der Waals surface area contributed by atoms with Crippen LogP contribution in [-0.2, 0) is 6.54 Å². The molecule has 0 aliphatic heterocycles. The number of aromatic nitrogens is 2. The summed E-state index contributed by atoms with van der Waals surface area (Å²) in [6.45, 7) is 0.309. The third kappa shape index (κ3) is 4.06. The van der Waals surface area contributed by atoms with Gasteiger partial charge < -0.3 is 19.7 Å². The lowest BCUT2D eigenvalue weighted by molar-refractivity contribution is 0.0940. The van der Waals surface area contributed by atoms with E-state index in [9.17, 15) is 9.59 Å². The zero-order chi connectivity index (χ0) is 19.8. The van der Waals surface area contributed by atoms with Crippen molar-refractivity contribution in [3.8, 4) is 0 Å². The van der Waals surface area contributed by atoms with Crippen molar-refractivity contribution in [3.63, 3.8) is 0 Å². The Bertz CT molecular complexity index is 1060. The number of anilines is 1. The summed E-state index contributed by atoms with van der Waals surface area (Å²) < 4.78 is 10.4. The molecule has 8 heteroatoms. The van der Waals surface area contributed by atoms with E-state index >= 15 is 0 Å². The van der Waals surface area contributed by atoms with Crippen LogP contribution >= 0.6 is 0 Å². The SMILES string of the molecule is O=C(NCc1cccc(NC(=O)c2cc(C3CC3)on2)c1)c1cc(C2CC2)on1. The number of rotatable bonds is 7. The Balaban J connectivity index is 1.18. The third-order valence-electron chi connectivity index (χ3n) is 5.12. The normalized spacial score (nSPS) is 15.9. The molecule has 3 aromatic rings. The molecular weight excluding hydrogens is 372 g/mol. The van der Waals surface area contributed by atoms with Crippen molar-refractivity contribution in [2.75, 3.05) is 5.32 Å². The Labute approximate surface area is 166 Å². The summed E-state index contributed by atoms with van der Waals surface area (Å²) in [7, 11) is 0. The predicted molar refractivity (Wildman–Crippen MR) is 103 cm³/mol. The highest BCUT2D eigenvalue weighted by Gasteiger charge is 2.29. The van der Waals surface area contributed by atoms with E-state index in [2.05, 4.69) is 20.9 Å². The highest BCUT2D eigenvalue weighted by Crippen LogP contribution is 2.40. The summed E-state index contributed by atoms with van der Waals surface area (Å²) in [6, 6.07) is 10.7. The fourth-order valence-electron chi connectivity index (χ4n) is 3.14. The van der Waals surface area contributed by atoms with Crippen molar-refractivity contribution in [1.82, 2.24) is 15.6 Å². The lowest BCUT2D eigenvalue weighted by Gasteiger charge is -2.07. The van der Waals surface area contributed by atoms with Crippen molar-refractivity contribution in [2.24, 2.45) is 0 Å². The maximum Gasteiger partial charge on any atom is 0.277 e. The van der Waals surface area contributed by atoms with E-state index < -0.39 is 0 Å². The third-order valence-corrected chi connectivity index (χ3v) is 5.12. The topological polar surface area (TPSA) is 110 Å². The average molecular weight is 392 g/mol. The second kappa shape index (κ2) is 7.20. The first kappa shape index (κ1) is 17.7. The molecule has 0 bridgehead atoms. The standard InChI is InChI=1S/C21H20N4O4/c26-20(16-9-18(28-24-16)13-4-5-13)22-11-12-2-1-3-15(8-12)23-21(27)17-10-19(29-25-17)14-6-7-14/h1-3,8-10,13-14H,4-7,11H2,(H,22,26)(H,23,27). The summed E-state index contributed by atoms with van der Waals surface area (Å²) in [5.74, 6) is 1.75. The van der Waals surface area contributed by atoms with Crippen molar-refractivity contribution in [3.05, 3.63) is 64.9 Å². The quantitative estimate of drug-likeness (QED) is 0.636. The molecule has 8 nitrogen and oxygen atoms in total. The van der Waals surface area contributed by atoms with Crippen LogP contribution in [0.3, 0.4) is 0 Å². The number of hydrogen-bond acceptors (Lipinski definition) is 6. The van der Waals surface area contributed by atoms with Crippen LogP contribution in [0.5, 0.6) is 0 Å². The van der Waals surface area contributed by atoms with Crippen LogP contribution in [-0.4, -0.2) is 22.1 Å². The van der Waals surface area contributed by atoms with Gasteiger partial charge in [0.05, 0.1) is 0 Å². The molecule has 2 amide bonds. The first-order chi connectivity index (χ1) is 14.2. The number of carbonyl (C=O) groups excluding carboxylic acids is 2. The van der Waals surface area contributed by atoms with Gasteiger partial charge >= 0.3 is 0 Å². The van der Waals surface area contributed by atoms with Crippen LogP contribution in [0.15, 0.2) is 45.4 Å². The van der Waals surface area contributed by atoms with Gasteiger partial charge in [-0.2, -0.15) is 0 Å². The summed E-state index contributed by atoms with van der Waals surface area (Å²) >= 11 is 0. The molecule has 0 radical (unpaired) electrons. The van der Waals surface area contributed by atoms with Crippen molar-refractivity contribution >= 4 is 17.5 Å². The minimum atomic E-state index is -0.322. The molecule has 2 N–H and O–H groups in total. The maximum atomic E-state index is 12.4. The highest BCUT2D eigenvalue weighted by molar-refractivity contribution is 6.02. The van der Waals surface area contributed by atoms with Gasteiger partial charge in [-0.3, -0.25) is 9.59 Å². The fraction of sp³-hybridized carbons (Fsp3) is 0.333. The van der Waals surface area contributed by atoms with Gasteiger partial charge in [-0.05, 0) is 43.4 Å². The molecule has 0 saturated heterocycles. The lowest BCUT2D eigenvalue weighted by Crippen LogP contribution is -2.23. The molecule has 5 rings (SSSR count). The van der Waals surface area contributed by atoms with E-state index in [1.165, 1.54) is 0 Å². The molecule has 29 heavy (non-hydrogen) atoms. The second-order valence-electron chi connectivity index (χ2n) is 7.61. The number of carbonyl (C=O) groups is 2. The lowest BCUT2D eigenvalue weighted by atomic mass is 10.2. The van der Waals surface area contributed by atoms with Crippen molar-refractivity contribution in [1.29, 1.82) is 0 Å². The van der Waals surface area contributed by atoms with E-state index in [0.717, 1.165) is 42.8 Å². The van der Waals surface area contributed by atoms with E-state index in [-0.39, 0.29) is 23.2 Å². The molecule has 2 saturated carbocycles. The Morgan fingerprint density at radius 2 is 1.52 bits per heavy atom. The van der Waals surface area contributed by atoms with Crippen molar-refractivity contribution in [2.45, 2.75) is 44.1 Å². The molecule has 2 heterocycles. The minimum absolute atomic E-state index is 0.267. The van der Waals surface area contributed by atoms with Gasteiger partial charge in [-0.1, -0.05) is 22.4 Å². The summed E-state index contributed by atoms with van der Waals surface area (Å²) in [6.07, 6.45) is 4.34. The number of benzene rings is 1. The minimum Gasteiger partial charge on any atom is -0.360 e. The van der Waals surface area contributed by atoms with Gasteiger partial charge in [0.25, 0.3) is 11.8 Å². The van der Waals surface area contributed by atoms with Gasteiger partial charge in [0.15, 0.2) is 11.4 Å². The van der Waals surface area contributed by atoms with Crippen LogP contribution in [0.25, 0.3) is 0 Å². The molecule has 2 fully saturated rings. The summed E-state index contributed by atoms with van der Waals surface area (Å²) in [5.41, 5.74) is 2.02.